The van der Waals surface area contributed by atoms with Gasteiger partial charge >= 0.3 is 5.97 Å². The zero-order chi connectivity index (χ0) is 13.7. The van der Waals surface area contributed by atoms with Crippen molar-refractivity contribution in [1.82, 2.24) is 0 Å². The van der Waals surface area contributed by atoms with E-state index in [4.69, 9.17) is 15.2 Å². The minimum absolute atomic E-state index is 0.132. The van der Waals surface area contributed by atoms with Crippen LogP contribution in [0.5, 0.6) is 0 Å². The highest BCUT2D eigenvalue weighted by atomic mass is 32.2. The maximum Gasteiger partial charge on any atom is 0.321 e. The van der Waals surface area contributed by atoms with Crippen LogP contribution >= 0.6 is 0 Å². The van der Waals surface area contributed by atoms with Gasteiger partial charge in [-0.2, -0.15) is 0 Å². The third-order valence-corrected chi connectivity index (χ3v) is 3.22. The second kappa shape index (κ2) is 6.32. The van der Waals surface area contributed by atoms with Gasteiger partial charge in [0.05, 0.1) is 12.4 Å². The molecule has 0 spiro atoms. The number of esters is 1. The quantitative estimate of drug-likeness (QED) is 0.665. The van der Waals surface area contributed by atoms with E-state index in [-0.39, 0.29) is 12.4 Å². The lowest BCUT2D eigenvalue weighted by molar-refractivity contribution is -0.151. The molecule has 0 saturated carbocycles. The molecular weight excluding hydrogens is 246 g/mol. The largest absolute Gasteiger partial charge is 0.459 e. The molecule has 0 radical (unpaired) electrons. The summed E-state index contributed by atoms with van der Waals surface area (Å²) in [6, 6.07) is -0.632. The lowest BCUT2D eigenvalue weighted by Gasteiger charge is -2.19. The maximum atomic E-state index is 11.6. The fourth-order valence-corrected chi connectivity index (χ4v) is 2.48. The summed E-state index contributed by atoms with van der Waals surface area (Å²) in [5.74, 6) is -1.70. The Kier molecular flexibility index (Phi) is 6.08. The Balaban J connectivity index is 4.31. The third-order valence-electron chi connectivity index (χ3n) is 1.61. The molecule has 6 nitrogen and oxygen atoms in total. The molecule has 0 amide bonds. The van der Waals surface area contributed by atoms with Gasteiger partial charge in [-0.05, 0) is 20.8 Å². The molecule has 0 aliphatic rings. The van der Waals surface area contributed by atoms with Crippen molar-refractivity contribution in [3.05, 3.63) is 0 Å². The summed E-state index contributed by atoms with van der Waals surface area (Å²) < 4.78 is 32.8. The number of carbonyl (C=O) groups is 1. The van der Waals surface area contributed by atoms with Crippen molar-refractivity contribution in [2.45, 2.75) is 32.4 Å². The molecule has 2 N–H and O–H groups in total. The van der Waals surface area contributed by atoms with Crippen LogP contribution in [0.15, 0.2) is 0 Å². The molecule has 0 aromatic rings. The number of rotatable bonds is 6. The first-order valence-electron chi connectivity index (χ1n) is 5.22. The van der Waals surface area contributed by atoms with E-state index in [9.17, 15) is 13.2 Å². The number of hydrogen-bond donors (Lipinski definition) is 1. The SMILES string of the molecule is COCC(N)CS(=O)(=O)CC(=O)OC(C)(C)C. The molecule has 7 heteroatoms. The molecule has 17 heavy (non-hydrogen) atoms. The molecule has 0 aromatic heterocycles. The second-order valence-corrected chi connectivity index (χ2v) is 6.97. The van der Waals surface area contributed by atoms with E-state index in [2.05, 4.69) is 0 Å². The van der Waals surface area contributed by atoms with Gasteiger partial charge in [-0.1, -0.05) is 0 Å². The van der Waals surface area contributed by atoms with Crippen molar-refractivity contribution in [2.24, 2.45) is 5.73 Å². The van der Waals surface area contributed by atoms with Crippen LogP contribution in [-0.2, 0) is 24.1 Å². The lowest BCUT2D eigenvalue weighted by atomic mass is 10.2. The Morgan fingerprint density at radius 3 is 2.29 bits per heavy atom. The molecule has 102 valence electrons. The van der Waals surface area contributed by atoms with Gasteiger partial charge in [0, 0.05) is 13.2 Å². The summed E-state index contributed by atoms with van der Waals surface area (Å²) in [7, 11) is -2.12. The Labute approximate surface area is 102 Å². The molecule has 0 saturated heterocycles. The van der Waals surface area contributed by atoms with Crippen LogP contribution in [0.2, 0.25) is 0 Å². The van der Waals surface area contributed by atoms with Gasteiger partial charge in [-0.25, -0.2) is 8.42 Å². The van der Waals surface area contributed by atoms with Crippen LogP contribution in [0.1, 0.15) is 20.8 Å². The molecule has 0 aliphatic heterocycles. The van der Waals surface area contributed by atoms with Gasteiger partial charge in [0.1, 0.15) is 11.4 Å². The van der Waals surface area contributed by atoms with Crippen molar-refractivity contribution in [2.75, 3.05) is 25.2 Å². The first-order valence-corrected chi connectivity index (χ1v) is 7.04. The van der Waals surface area contributed by atoms with Gasteiger partial charge in [-0.15, -0.1) is 0 Å². The minimum atomic E-state index is -3.55. The minimum Gasteiger partial charge on any atom is -0.459 e. The molecule has 0 aliphatic carbocycles. The monoisotopic (exact) mass is 267 g/mol. The summed E-state index contributed by atoms with van der Waals surface area (Å²) in [5.41, 5.74) is 4.82. The summed E-state index contributed by atoms with van der Waals surface area (Å²) in [5, 5.41) is 0. The van der Waals surface area contributed by atoms with E-state index in [0.29, 0.717) is 0 Å². The van der Waals surface area contributed by atoms with Gasteiger partial charge in [0.25, 0.3) is 0 Å². The topological polar surface area (TPSA) is 95.7 Å². The molecule has 0 fully saturated rings. The molecule has 1 atom stereocenters. The highest BCUT2D eigenvalue weighted by molar-refractivity contribution is 7.92. The van der Waals surface area contributed by atoms with Crippen molar-refractivity contribution < 1.29 is 22.7 Å². The average molecular weight is 267 g/mol. The lowest BCUT2D eigenvalue weighted by Crippen LogP contribution is -2.37. The Bertz CT molecular complexity index is 344. The maximum absolute atomic E-state index is 11.6. The standard InChI is InChI=1S/C10H21NO5S/c1-10(2,3)16-9(12)7-17(13,14)6-8(11)5-15-4/h8H,5-7,11H2,1-4H3. The van der Waals surface area contributed by atoms with E-state index < -0.39 is 33.2 Å². The fourth-order valence-electron chi connectivity index (χ4n) is 1.20. The zero-order valence-corrected chi connectivity index (χ0v) is 11.5. The Morgan fingerprint density at radius 2 is 1.88 bits per heavy atom. The first-order chi connectivity index (χ1) is 7.56. The van der Waals surface area contributed by atoms with E-state index in [1.54, 1.807) is 20.8 Å². The molecule has 1 unspecified atom stereocenters. The molecule has 0 rings (SSSR count). The number of hydrogen-bond acceptors (Lipinski definition) is 6. The molecule has 0 heterocycles. The number of sulfone groups is 1. The van der Waals surface area contributed by atoms with E-state index in [1.165, 1.54) is 7.11 Å². The summed E-state index contributed by atoms with van der Waals surface area (Å²) in [4.78, 5) is 11.3. The normalized spacial score (nSPS) is 14.4. The molecule has 0 bridgehead atoms. The van der Waals surface area contributed by atoms with Crippen LogP contribution in [0.25, 0.3) is 0 Å². The van der Waals surface area contributed by atoms with Gasteiger partial charge in [-0.3, -0.25) is 4.79 Å². The number of nitrogens with two attached hydrogens (primary N) is 1. The van der Waals surface area contributed by atoms with Crippen molar-refractivity contribution in [3.63, 3.8) is 0 Å². The number of ether oxygens (including phenoxy) is 2. The highest BCUT2D eigenvalue weighted by Gasteiger charge is 2.24. The predicted octanol–water partition coefficient (Wildman–Crippen LogP) is -0.283. The third kappa shape index (κ3) is 9.08. The number of methoxy groups -OCH3 is 1. The van der Waals surface area contributed by atoms with Crippen molar-refractivity contribution in [1.29, 1.82) is 0 Å². The van der Waals surface area contributed by atoms with Crippen LogP contribution < -0.4 is 5.73 Å². The molecular formula is C10H21NO5S. The van der Waals surface area contributed by atoms with Crippen LogP contribution in [0.4, 0.5) is 0 Å². The van der Waals surface area contributed by atoms with Crippen molar-refractivity contribution >= 4 is 15.8 Å². The highest BCUT2D eigenvalue weighted by Crippen LogP contribution is 2.08. The van der Waals surface area contributed by atoms with Gasteiger partial charge in [0.15, 0.2) is 9.84 Å². The predicted molar refractivity (Wildman–Crippen MR) is 64.4 cm³/mol. The smallest absolute Gasteiger partial charge is 0.321 e. The summed E-state index contributed by atoms with van der Waals surface area (Å²) >= 11 is 0. The van der Waals surface area contributed by atoms with Crippen LogP contribution in [0, 0.1) is 0 Å². The fraction of sp³-hybridized carbons (Fsp3) is 0.900. The average Bonchev–Trinajstić information content (AvgIpc) is 1.96. The first kappa shape index (κ1) is 16.3. The zero-order valence-electron chi connectivity index (χ0n) is 10.7. The summed E-state index contributed by atoms with van der Waals surface area (Å²) in [6.07, 6.45) is 0. The Hall–Kier alpha value is -0.660. The van der Waals surface area contributed by atoms with Gasteiger partial charge in [0.2, 0.25) is 0 Å². The van der Waals surface area contributed by atoms with E-state index in [0.717, 1.165) is 0 Å². The van der Waals surface area contributed by atoms with E-state index >= 15 is 0 Å². The second-order valence-electron chi connectivity index (χ2n) is 4.86. The molecule has 0 aromatic carbocycles. The van der Waals surface area contributed by atoms with Crippen LogP contribution in [-0.4, -0.2) is 51.3 Å². The van der Waals surface area contributed by atoms with E-state index in [1.807, 2.05) is 0 Å². The number of carbonyl (C=O) groups excluding carboxylic acids is 1. The summed E-state index contributed by atoms with van der Waals surface area (Å²) in [6.45, 7) is 5.16. The Morgan fingerprint density at radius 1 is 1.35 bits per heavy atom. The van der Waals surface area contributed by atoms with Gasteiger partial charge < -0.3 is 15.2 Å². The van der Waals surface area contributed by atoms with Crippen molar-refractivity contribution in [3.8, 4) is 0 Å². The van der Waals surface area contributed by atoms with Crippen LogP contribution in [0.3, 0.4) is 0 Å².